The van der Waals surface area contributed by atoms with E-state index < -0.39 is 179 Å². The number of aromatic nitrogens is 2. The van der Waals surface area contributed by atoms with Crippen LogP contribution in [-0.4, -0.2) is 15.8 Å². The van der Waals surface area contributed by atoms with Gasteiger partial charge in [-0.1, -0.05) is 360 Å². The molecule has 4 heterocycles. The van der Waals surface area contributed by atoms with Crippen LogP contribution in [0, 0.1) is 0 Å². The zero-order valence-corrected chi connectivity index (χ0v) is 66.8. The standard InChI is InChI=1S/C118H83BN4/c1-118(2,3)114-112(110-98(86-50-30-46-82(66-86)76-34-10-4-11-35-76)70-90(80-42-18-8-19-43-80)71-99(110)87-51-31-47-83(67-87)77-36-12-5-13-37-77)116-115-117(113(114)111-100(88-52-32-48-84(68-88)78-38-14-6-15-39-78)72-91(81-44-20-9-21-45-81)73-101(111)89-53-33-49-85(69-89)79-40-16-7-17-41-79)121-105-75-93(123-108-60-28-24-56-96(108)97-57-25-29-61-109(97)123)63-65-103(105)119(115)102-64-62-92(74-104(102)120-116)122-106-58-26-22-54-94(106)95-55-23-27-59-107(95)122/h4-75,120-121H,1-3H3/i22D,23D,24D,25D,26D,27D,28D,29D,54D,55D,56D,57D,58D,59D,60D,61D,62D,63D,64D,65D,74D,75D. The number of rotatable bonds is 14. The van der Waals surface area contributed by atoms with E-state index in [1.54, 1.807) is 0 Å². The highest BCUT2D eigenvalue weighted by atomic mass is 15.0. The average Bonchev–Trinajstić information content (AvgIpc) is 1.53. The number of hydrogen-bond donors (Lipinski definition) is 2. The Morgan fingerprint density at radius 2 is 0.504 bits per heavy atom. The van der Waals surface area contributed by atoms with Gasteiger partial charge in [0.1, 0.15) is 0 Å². The first-order valence-corrected chi connectivity index (χ1v) is 41.0. The van der Waals surface area contributed by atoms with Crippen LogP contribution in [0.4, 0.5) is 22.7 Å². The van der Waals surface area contributed by atoms with Crippen molar-refractivity contribution in [1.82, 2.24) is 9.13 Å². The van der Waals surface area contributed by atoms with Crippen LogP contribution in [0.25, 0.3) is 189 Å². The second-order valence-corrected chi connectivity index (χ2v) is 32.2. The third-order valence-electron chi connectivity index (χ3n) is 23.9. The summed E-state index contributed by atoms with van der Waals surface area (Å²) in [5.41, 5.74) is 13.9. The van der Waals surface area contributed by atoms with Crippen LogP contribution in [0.15, 0.2) is 436 Å². The summed E-state index contributed by atoms with van der Waals surface area (Å²) in [5, 5.41) is 6.46. The van der Waals surface area contributed by atoms with Crippen LogP contribution in [0.2, 0.25) is 0 Å². The van der Waals surface area contributed by atoms with Crippen LogP contribution in [0.1, 0.15) is 56.5 Å². The van der Waals surface area contributed by atoms with Gasteiger partial charge in [0, 0.05) is 66.8 Å². The predicted molar refractivity (Wildman–Crippen MR) is 523 cm³/mol. The van der Waals surface area contributed by atoms with Gasteiger partial charge < -0.3 is 19.8 Å². The molecule has 123 heavy (non-hydrogen) atoms. The topological polar surface area (TPSA) is 33.9 Å². The lowest BCUT2D eigenvalue weighted by atomic mass is 9.33. The fraction of sp³-hybridized carbons (Fsp3) is 0.0339. The van der Waals surface area contributed by atoms with Gasteiger partial charge in [-0.3, -0.25) is 0 Å². The lowest BCUT2D eigenvalue weighted by Crippen LogP contribution is -2.59. The highest BCUT2D eigenvalue weighted by molar-refractivity contribution is 7.00. The first kappa shape index (κ1) is 53.1. The van der Waals surface area contributed by atoms with Crippen molar-refractivity contribution in [2.45, 2.75) is 26.2 Å². The molecule has 2 N–H and O–H groups in total. The zero-order valence-electron chi connectivity index (χ0n) is 88.8. The minimum absolute atomic E-state index is 0.201. The monoisotopic (exact) mass is 1590 g/mol. The SMILES string of the molecule is [2H]c1c([2H])c(-n2c3c([2H])c([2H])c([2H])c([2H])c3c3c([2H])c([2H])c([2H])c([2H])c32)c([2H])c2c1B1c3c([2H])c([2H])c(-n4c5c([2H])c([2H])c([2H])c([2H])c5c5c([2H])c([2H])c([2H])c([2H])c54)c([2H])c3Nc3c1c(c(-c1c(-c4cccc(-c5ccccc5)c4)cc(-c4ccccc4)cc1-c1cccc(-c4ccccc4)c1)c(C(C)(C)C)c3-c1c(-c3cccc(-c4ccccc4)c3)cc(-c3ccccc3)cc1-c1cccc(-c3ccccc3)c1)N2. The fourth-order valence-electron chi connectivity index (χ4n) is 18.5. The molecule has 0 aliphatic carbocycles. The van der Waals surface area contributed by atoms with E-state index in [1.807, 2.05) is 182 Å². The van der Waals surface area contributed by atoms with Crippen molar-refractivity contribution in [3.63, 3.8) is 0 Å². The van der Waals surface area contributed by atoms with Gasteiger partial charge >= 0.3 is 0 Å². The number of nitrogens with zero attached hydrogens (tertiary/aromatic N) is 2. The molecule has 0 spiro atoms. The fourth-order valence-corrected chi connectivity index (χ4v) is 18.5. The van der Waals surface area contributed by atoms with Crippen LogP contribution in [0.5, 0.6) is 0 Å². The summed E-state index contributed by atoms with van der Waals surface area (Å²) in [7, 11) is 0. The molecule has 2 aliphatic rings. The Kier molecular flexibility index (Phi) is 12.8. The molecule has 0 saturated carbocycles. The molecular weight excluding hydrogens is 1480 g/mol. The van der Waals surface area contributed by atoms with E-state index in [0.717, 1.165) is 98.1 Å². The Morgan fingerprint density at radius 1 is 0.252 bits per heavy atom. The van der Waals surface area contributed by atoms with Gasteiger partial charge in [0.05, 0.1) is 52.2 Å². The summed E-state index contributed by atoms with van der Waals surface area (Å²) in [4.78, 5) is 0. The minimum atomic E-state index is -1.77. The molecule has 2 aromatic heterocycles. The summed E-state index contributed by atoms with van der Waals surface area (Å²) in [6.07, 6.45) is 0. The van der Waals surface area contributed by atoms with Gasteiger partial charge in [0.2, 0.25) is 0 Å². The van der Waals surface area contributed by atoms with Crippen molar-refractivity contribution >= 4 is 89.5 Å². The zero-order chi connectivity index (χ0) is 101. The number of fused-ring (bicyclic) bond motifs is 10. The highest BCUT2D eigenvalue weighted by Crippen LogP contribution is 2.59. The number of hydrogen-bond acceptors (Lipinski definition) is 2. The molecule has 21 aromatic rings. The van der Waals surface area contributed by atoms with E-state index in [-0.39, 0.29) is 60.7 Å². The Bertz CT molecular complexity index is 8290. The van der Waals surface area contributed by atoms with E-state index >= 15 is 0 Å². The van der Waals surface area contributed by atoms with Crippen molar-refractivity contribution in [2.24, 2.45) is 0 Å². The van der Waals surface area contributed by atoms with Crippen LogP contribution in [-0.2, 0) is 5.41 Å². The molecule has 0 bridgehead atoms. The molecule has 0 atom stereocenters. The van der Waals surface area contributed by atoms with Gasteiger partial charge in [-0.2, -0.15) is 0 Å². The molecule has 0 fully saturated rings. The molecule has 0 radical (unpaired) electrons. The number of nitrogens with one attached hydrogen (secondary N) is 2. The van der Waals surface area contributed by atoms with Crippen LogP contribution in [0.3, 0.4) is 0 Å². The smallest absolute Gasteiger partial charge is 0.252 e. The van der Waals surface area contributed by atoms with E-state index in [1.165, 1.54) is 0 Å². The largest absolute Gasteiger partial charge is 0.356 e. The van der Waals surface area contributed by atoms with E-state index in [2.05, 4.69) is 153 Å². The molecule has 4 nitrogen and oxygen atoms in total. The third kappa shape index (κ3) is 12.5. The molecule has 5 heteroatoms. The summed E-state index contributed by atoms with van der Waals surface area (Å²) in [5.74, 6) is 0. The first-order valence-electron chi connectivity index (χ1n) is 52.0. The minimum Gasteiger partial charge on any atom is -0.356 e. The quantitative estimate of drug-likeness (QED) is 0.106. The molecule has 2 aliphatic heterocycles. The average molecular weight is 1590 g/mol. The van der Waals surface area contributed by atoms with Crippen molar-refractivity contribution in [3.05, 3.63) is 442 Å². The van der Waals surface area contributed by atoms with Gasteiger partial charge in [-0.15, -0.1) is 0 Å². The maximum Gasteiger partial charge on any atom is 0.252 e. The van der Waals surface area contributed by atoms with Gasteiger partial charge in [-0.25, -0.2) is 0 Å². The Balaban J connectivity index is 0.993. The number of para-hydroxylation sites is 4. The van der Waals surface area contributed by atoms with E-state index in [9.17, 15) is 30.2 Å². The second-order valence-electron chi connectivity index (χ2n) is 32.2. The predicted octanol–water partition coefficient (Wildman–Crippen LogP) is 29.8. The molecule has 19 aromatic carbocycles. The molecular formula is C118H83BN4. The Labute approximate surface area is 748 Å². The molecule has 0 saturated heterocycles. The molecule has 0 amide bonds. The van der Waals surface area contributed by atoms with Crippen molar-refractivity contribution in [3.8, 4) is 145 Å². The Hall–Kier alpha value is -15.6. The lowest BCUT2D eigenvalue weighted by Gasteiger charge is -2.42. The summed E-state index contributed by atoms with van der Waals surface area (Å²) in [6, 6.07) is 85.9. The van der Waals surface area contributed by atoms with Crippen molar-refractivity contribution in [2.75, 3.05) is 10.6 Å². The lowest BCUT2D eigenvalue weighted by molar-refractivity contribution is 0.594. The summed E-state index contributed by atoms with van der Waals surface area (Å²) < 4.78 is 223. The van der Waals surface area contributed by atoms with E-state index in [0.29, 0.717) is 50.1 Å². The third-order valence-corrected chi connectivity index (χ3v) is 23.9. The van der Waals surface area contributed by atoms with Gasteiger partial charge in [-0.05, 0) is 247 Å². The molecule has 578 valence electrons. The first-order chi connectivity index (χ1) is 69.8. The maximum atomic E-state index is 11.6. The van der Waals surface area contributed by atoms with E-state index in [4.69, 9.17) is 0 Å². The highest BCUT2D eigenvalue weighted by Gasteiger charge is 2.45. The summed E-state index contributed by atoms with van der Waals surface area (Å²) >= 11 is 0. The van der Waals surface area contributed by atoms with Crippen LogP contribution < -0.4 is 27.0 Å². The maximum absolute atomic E-state index is 11.6. The second kappa shape index (κ2) is 29.8. The van der Waals surface area contributed by atoms with Crippen molar-refractivity contribution in [1.29, 1.82) is 0 Å². The molecule has 0 unspecified atom stereocenters. The van der Waals surface area contributed by atoms with Crippen molar-refractivity contribution < 1.29 is 30.2 Å². The summed E-state index contributed by atoms with van der Waals surface area (Å²) in [6.45, 7) is 4.55. The Morgan fingerprint density at radius 3 is 0.780 bits per heavy atom. The number of anilines is 4. The van der Waals surface area contributed by atoms with Gasteiger partial charge in [0.25, 0.3) is 6.71 Å². The van der Waals surface area contributed by atoms with Crippen LogP contribution >= 0.6 is 0 Å². The van der Waals surface area contributed by atoms with Gasteiger partial charge in [0.15, 0.2) is 0 Å². The molecule has 23 rings (SSSR count). The normalized spacial score (nSPS) is 14.6. The number of benzene rings is 19.